The number of rotatable bonds is 3. The van der Waals surface area contributed by atoms with Gasteiger partial charge in [-0.1, -0.05) is 18.2 Å². The van der Waals surface area contributed by atoms with Crippen molar-refractivity contribution in [3.63, 3.8) is 0 Å². The van der Waals surface area contributed by atoms with Crippen LogP contribution in [0.5, 0.6) is 5.75 Å². The second-order valence-electron chi connectivity index (χ2n) is 3.98. The molecule has 1 aliphatic heterocycles. The van der Waals surface area contributed by atoms with Gasteiger partial charge in [-0.05, 0) is 18.6 Å². The molecular formula is C13H16O3. The topological polar surface area (TPSA) is 38.7 Å². The zero-order chi connectivity index (χ0) is 11.4. The summed E-state index contributed by atoms with van der Waals surface area (Å²) in [6, 6.07) is 6.90. The first-order valence-corrected chi connectivity index (χ1v) is 5.42. The van der Waals surface area contributed by atoms with Gasteiger partial charge in [-0.3, -0.25) is 0 Å². The predicted molar refractivity (Wildman–Crippen MR) is 61.1 cm³/mol. The molecule has 1 N–H and O–H groups in total. The Balaban J connectivity index is 1.93. The van der Waals surface area contributed by atoms with Gasteiger partial charge in [0, 0.05) is 11.5 Å². The lowest BCUT2D eigenvalue weighted by Gasteiger charge is -2.29. The molecule has 0 aromatic heterocycles. The summed E-state index contributed by atoms with van der Waals surface area (Å²) in [6.45, 7) is 5.09. The van der Waals surface area contributed by atoms with E-state index in [1.54, 1.807) is 12.1 Å². The number of aromatic hydroxyl groups is 1. The Kier molecular flexibility index (Phi) is 3.59. The molecule has 1 aromatic rings. The van der Waals surface area contributed by atoms with Gasteiger partial charge in [0.15, 0.2) is 6.29 Å². The Morgan fingerprint density at radius 1 is 1.25 bits per heavy atom. The molecule has 0 radical (unpaired) electrons. The summed E-state index contributed by atoms with van der Waals surface area (Å²) in [5.74, 6) is 0.662. The highest BCUT2D eigenvalue weighted by molar-refractivity contribution is 5.26. The van der Waals surface area contributed by atoms with Gasteiger partial charge < -0.3 is 14.6 Å². The molecule has 1 aromatic carbocycles. The van der Waals surface area contributed by atoms with E-state index in [1.807, 2.05) is 18.2 Å². The minimum atomic E-state index is -0.304. The lowest BCUT2D eigenvalue weighted by molar-refractivity contribution is -0.204. The van der Waals surface area contributed by atoms with Crippen molar-refractivity contribution in [2.45, 2.75) is 12.7 Å². The van der Waals surface area contributed by atoms with Gasteiger partial charge in [0.1, 0.15) is 5.75 Å². The highest BCUT2D eigenvalue weighted by Gasteiger charge is 2.22. The first-order chi connectivity index (χ1) is 7.79. The molecule has 86 valence electrons. The van der Waals surface area contributed by atoms with Crippen LogP contribution >= 0.6 is 0 Å². The minimum Gasteiger partial charge on any atom is -0.508 e. The third-order valence-corrected chi connectivity index (χ3v) is 2.63. The molecule has 1 saturated heterocycles. The van der Waals surface area contributed by atoms with Gasteiger partial charge in [0.25, 0.3) is 0 Å². The van der Waals surface area contributed by atoms with Crippen molar-refractivity contribution in [2.24, 2.45) is 5.92 Å². The number of allylic oxidation sites excluding steroid dienone is 1. The van der Waals surface area contributed by atoms with Gasteiger partial charge in [-0.2, -0.15) is 0 Å². The van der Waals surface area contributed by atoms with Gasteiger partial charge >= 0.3 is 0 Å². The number of hydrogen-bond acceptors (Lipinski definition) is 3. The third kappa shape index (κ3) is 2.62. The van der Waals surface area contributed by atoms with Crippen LogP contribution in [0.15, 0.2) is 36.9 Å². The Morgan fingerprint density at radius 3 is 2.44 bits per heavy atom. The first kappa shape index (κ1) is 11.2. The van der Waals surface area contributed by atoms with E-state index >= 15 is 0 Å². The summed E-state index contributed by atoms with van der Waals surface area (Å²) in [5.41, 5.74) is 0.940. The standard InChI is InChI=1S/C13H16O3/c1-2-3-10-8-15-13(16-9-10)11-4-6-12(14)7-5-11/h2,4-7,10,13-14H,1,3,8-9H2. The van der Waals surface area contributed by atoms with Crippen LogP contribution in [0.4, 0.5) is 0 Å². The van der Waals surface area contributed by atoms with Crippen LogP contribution in [-0.4, -0.2) is 18.3 Å². The molecule has 3 heteroatoms. The fraction of sp³-hybridized carbons (Fsp3) is 0.385. The first-order valence-electron chi connectivity index (χ1n) is 5.42. The van der Waals surface area contributed by atoms with Crippen LogP contribution in [0.25, 0.3) is 0 Å². The van der Waals surface area contributed by atoms with Crippen molar-refractivity contribution in [1.29, 1.82) is 0 Å². The van der Waals surface area contributed by atoms with Gasteiger partial charge in [0.05, 0.1) is 13.2 Å². The normalized spacial score (nSPS) is 25.2. The molecule has 1 aliphatic rings. The average Bonchev–Trinajstić information content (AvgIpc) is 2.32. The molecule has 2 rings (SSSR count). The van der Waals surface area contributed by atoms with E-state index in [0.29, 0.717) is 19.1 Å². The zero-order valence-corrected chi connectivity index (χ0v) is 9.13. The highest BCUT2D eigenvalue weighted by atomic mass is 16.7. The van der Waals surface area contributed by atoms with E-state index in [0.717, 1.165) is 12.0 Å². The van der Waals surface area contributed by atoms with E-state index in [1.165, 1.54) is 0 Å². The molecule has 0 saturated carbocycles. The molecule has 1 heterocycles. The van der Waals surface area contributed by atoms with Crippen LogP contribution in [0.2, 0.25) is 0 Å². The van der Waals surface area contributed by atoms with Crippen LogP contribution in [-0.2, 0) is 9.47 Å². The molecule has 0 spiro atoms. The monoisotopic (exact) mass is 220 g/mol. The summed E-state index contributed by atoms with van der Waals surface area (Å²) in [4.78, 5) is 0. The average molecular weight is 220 g/mol. The van der Waals surface area contributed by atoms with Crippen LogP contribution in [0.3, 0.4) is 0 Å². The van der Waals surface area contributed by atoms with Crippen LogP contribution in [0, 0.1) is 5.92 Å². The Hall–Kier alpha value is -1.32. The molecule has 16 heavy (non-hydrogen) atoms. The largest absolute Gasteiger partial charge is 0.508 e. The maximum Gasteiger partial charge on any atom is 0.183 e. The number of benzene rings is 1. The maximum absolute atomic E-state index is 9.17. The van der Waals surface area contributed by atoms with Crippen molar-refractivity contribution >= 4 is 0 Å². The van der Waals surface area contributed by atoms with Crippen molar-refractivity contribution in [3.05, 3.63) is 42.5 Å². The Labute approximate surface area is 95.3 Å². The van der Waals surface area contributed by atoms with Crippen molar-refractivity contribution < 1.29 is 14.6 Å². The summed E-state index contributed by atoms with van der Waals surface area (Å²) < 4.78 is 11.2. The second kappa shape index (κ2) is 5.14. The van der Waals surface area contributed by atoms with Crippen molar-refractivity contribution in [3.8, 4) is 5.75 Å². The van der Waals surface area contributed by atoms with E-state index in [4.69, 9.17) is 9.47 Å². The summed E-state index contributed by atoms with van der Waals surface area (Å²) in [6.07, 6.45) is 2.50. The SMILES string of the molecule is C=CCC1COC(c2ccc(O)cc2)OC1. The lowest BCUT2D eigenvalue weighted by Crippen LogP contribution is -2.26. The maximum atomic E-state index is 9.17. The molecule has 0 bridgehead atoms. The fourth-order valence-electron chi connectivity index (χ4n) is 1.74. The van der Waals surface area contributed by atoms with Crippen LogP contribution < -0.4 is 0 Å². The van der Waals surface area contributed by atoms with Gasteiger partial charge in [-0.25, -0.2) is 0 Å². The Bertz CT molecular complexity index is 337. The van der Waals surface area contributed by atoms with E-state index in [-0.39, 0.29) is 12.0 Å². The third-order valence-electron chi connectivity index (χ3n) is 2.63. The molecule has 0 unspecified atom stereocenters. The Morgan fingerprint density at radius 2 is 1.88 bits per heavy atom. The number of phenolic OH excluding ortho intramolecular Hbond substituents is 1. The molecule has 1 fully saturated rings. The van der Waals surface area contributed by atoms with Gasteiger partial charge in [0.2, 0.25) is 0 Å². The van der Waals surface area contributed by atoms with Crippen LogP contribution in [0.1, 0.15) is 18.3 Å². The minimum absolute atomic E-state index is 0.254. The van der Waals surface area contributed by atoms with E-state index < -0.39 is 0 Å². The summed E-state index contributed by atoms with van der Waals surface area (Å²) in [7, 11) is 0. The zero-order valence-electron chi connectivity index (χ0n) is 9.13. The summed E-state index contributed by atoms with van der Waals surface area (Å²) >= 11 is 0. The molecule has 3 nitrogen and oxygen atoms in total. The second-order valence-corrected chi connectivity index (χ2v) is 3.98. The van der Waals surface area contributed by atoms with E-state index in [2.05, 4.69) is 6.58 Å². The van der Waals surface area contributed by atoms with Gasteiger partial charge in [-0.15, -0.1) is 6.58 Å². The quantitative estimate of drug-likeness (QED) is 0.796. The molecule has 0 amide bonds. The number of hydrogen-bond donors (Lipinski definition) is 1. The smallest absolute Gasteiger partial charge is 0.183 e. The van der Waals surface area contributed by atoms with E-state index in [9.17, 15) is 5.11 Å². The predicted octanol–water partition coefficient (Wildman–Crippen LogP) is 2.63. The number of phenols is 1. The number of ether oxygens (including phenoxy) is 2. The summed E-state index contributed by atoms with van der Waals surface area (Å²) in [5, 5.41) is 9.17. The molecular weight excluding hydrogens is 204 g/mol. The van der Waals surface area contributed by atoms with Crippen molar-refractivity contribution in [1.82, 2.24) is 0 Å². The van der Waals surface area contributed by atoms with Crippen molar-refractivity contribution in [2.75, 3.05) is 13.2 Å². The lowest BCUT2D eigenvalue weighted by atomic mass is 10.1. The molecule has 0 atom stereocenters. The molecule has 0 aliphatic carbocycles. The highest BCUT2D eigenvalue weighted by Crippen LogP contribution is 2.27. The fourth-order valence-corrected chi connectivity index (χ4v) is 1.74.